The molecule has 0 heterocycles. The van der Waals surface area contributed by atoms with Gasteiger partial charge in [-0.05, 0) is 46.7 Å². The minimum absolute atomic E-state index is 0.285. The van der Waals surface area contributed by atoms with Crippen molar-refractivity contribution < 1.29 is 9.13 Å². The molecule has 0 radical (unpaired) electrons. The molecule has 0 saturated heterocycles. The molecule has 30 heavy (non-hydrogen) atoms. The lowest BCUT2D eigenvalue weighted by Crippen LogP contribution is -1.98. The highest BCUT2D eigenvalue weighted by molar-refractivity contribution is 6.32. The van der Waals surface area contributed by atoms with Gasteiger partial charge in [0, 0.05) is 16.1 Å². The Hall–Kier alpha value is -3.61. The monoisotopic (exact) mass is 413 g/mol. The van der Waals surface area contributed by atoms with E-state index in [9.17, 15) is 9.65 Å². The van der Waals surface area contributed by atoms with Gasteiger partial charge >= 0.3 is 0 Å². The van der Waals surface area contributed by atoms with Crippen LogP contribution in [0.5, 0.6) is 5.75 Å². The molecule has 0 aliphatic carbocycles. The van der Waals surface area contributed by atoms with E-state index in [0.717, 1.165) is 21.9 Å². The SMILES string of the molecule is N#CC(=Cc1c(OCc2ccc(F)cc2)ccc2ccccc12)c1ccccc1Cl. The maximum Gasteiger partial charge on any atom is 0.127 e. The van der Waals surface area contributed by atoms with E-state index >= 15 is 0 Å². The molecule has 4 heteroatoms. The highest BCUT2D eigenvalue weighted by atomic mass is 35.5. The molecule has 0 aromatic heterocycles. The van der Waals surface area contributed by atoms with Gasteiger partial charge in [-0.3, -0.25) is 0 Å². The summed E-state index contributed by atoms with van der Waals surface area (Å²) in [6, 6.07) is 27.5. The lowest BCUT2D eigenvalue weighted by atomic mass is 9.98. The Morgan fingerprint density at radius 1 is 0.933 bits per heavy atom. The van der Waals surface area contributed by atoms with Crippen molar-refractivity contribution in [1.82, 2.24) is 0 Å². The third kappa shape index (κ3) is 4.20. The van der Waals surface area contributed by atoms with Crippen molar-refractivity contribution in [3.63, 3.8) is 0 Å². The summed E-state index contributed by atoms with van der Waals surface area (Å²) in [5, 5.41) is 12.3. The minimum Gasteiger partial charge on any atom is -0.488 e. The first kappa shape index (κ1) is 19.7. The Morgan fingerprint density at radius 2 is 1.67 bits per heavy atom. The second-order valence-corrected chi connectivity index (χ2v) is 7.17. The molecule has 0 unspecified atom stereocenters. The number of nitrogens with zero attached hydrogens (tertiary/aromatic N) is 1. The van der Waals surface area contributed by atoms with Crippen LogP contribution in [0, 0.1) is 17.1 Å². The summed E-state index contributed by atoms with van der Waals surface area (Å²) in [5.74, 6) is 0.351. The Balaban J connectivity index is 1.80. The zero-order valence-electron chi connectivity index (χ0n) is 16.0. The fourth-order valence-electron chi connectivity index (χ4n) is 3.29. The van der Waals surface area contributed by atoms with Crippen LogP contribution in [0.25, 0.3) is 22.4 Å². The molecular formula is C26H17ClFNO. The average Bonchev–Trinajstić information content (AvgIpc) is 2.78. The largest absolute Gasteiger partial charge is 0.488 e. The van der Waals surface area contributed by atoms with Gasteiger partial charge in [0.15, 0.2) is 0 Å². The summed E-state index contributed by atoms with van der Waals surface area (Å²) in [4.78, 5) is 0. The number of fused-ring (bicyclic) bond motifs is 1. The second-order valence-electron chi connectivity index (χ2n) is 6.76. The van der Waals surface area contributed by atoms with Gasteiger partial charge in [0.05, 0.1) is 11.6 Å². The van der Waals surface area contributed by atoms with Crippen molar-refractivity contribution in [3.05, 3.63) is 112 Å². The number of halogens is 2. The molecule has 0 aliphatic rings. The molecule has 0 spiro atoms. The third-order valence-corrected chi connectivity index (χ3v) is 5.14. The lowest BCUT2D eigenvalue weighted by Gasteiger charge is -2.13. The van der Waals surface area contributed by atoms with E-state index in [1.54, 1.807) is 18.2 Å². The predicted molar refractivity (Wildman–Crippen MR) is 120 cm³/mol. The molecule has 0 fully saturated rings. The van der Waals surface area contributed by atoms with Crippen LogP contribution in [0.4, 0.5) is 4.39 Å². The molecule has 0 bridgehead atoms. The number of benzene rings is 4. The number of hydrogen-bond donors (Lipinski definition) is 0. The van der Waals surface area contributed by atoms with Crippen molar-refractivity contribution in [2.75, 3.05) is 0 Å². The van der Waals surface area contributed by atoms with E-state index in [2.05, 4.69) is 6.07 Å². The van der Waals surface area contributed by atoms with Gasteiger partial charge in [-0.15, -0.1) is 0 Å². The van der Waals surface area contributed by atoms with Gasteiger partial charge in [-0.2, -0.15) is 5.26 Å². The quantitative estimate of drug-likeness (QED) is 0.254. The van der Waals surface area contributed by atoms with Crippen LogP contribution in [-0.4, -0.2) is 0 Å². The first-order valence-corrected chi connectivity index (χ1v) is 9.79. The normalized spacial score (nSPS) is 11.3. The molecular weight excluding hydrogens is 397 g/mol. The summed E-state index contributed by atoms with van der Waals surface area (Å²) >= 11 is 6.32. The zero-order valence-corrected chi connectivity index (χ0v) is 16.7. The fraction of sp³-hybridized carbons (Fsp3) is 0.0385. The van der Waals surface area contributed by atoms with Crippen molar-refractivity contribution >= 4 is 34.0 Å². The minimum atomic E-state index is -0.286. The Kier molecular flexibility index (Phi) is 5.79. The van der Waals surface area contributed by atoms with Gasteiger partial charge in [-0.1, -0.05) is 72.3 Å². The molecule has 0 amide bonds. The van der Waals surface area contributed by atoms with Gasteiger partial charge in [-0.25, -0.2) is 4.39 Å². The second kappa shape index (κ2) is 8.82. The van der Waals surface area contributed by atoms with Crippen molar-refractivity contribution in [2.24, 2.45) is 0 Å². The smallest absolute Gasteiger partial charge is 0.127 e. The topological polar surface area (TPSA) is 33.0 Å². The van der Waals surface area contributed by atoms with Crippen molar-refractivity contribution in [2.45, 2.75) is 6.61 Å². The Labute approximate surface area is 179 Å². The number of hydrogen-bond acceptors (Lipinski definition) is 2. The third-order valence-electron chi connectivity index (χ3n) is 4.81. The molecule has 4 rings (SSSR count). The standard InChI is InChI=1S/C26H17ClFNO/c27-25-8-4-3-7-23(25)20(16-29)15-24-22-6-2-1-5-19(22)11-14-26(24)30-17-18-9-12-21(28)13-10-18/h1-15H,17H2. The van der Waals surface area contributed by atoms with E-state index < -0.39 is 0 Å². The van der Waals surface area contributed by atoms with Crippen LogP contribution in [0.3, 0.4) is 0 Å². The summed E-state index contributed by atoms with van der Waals surface area (Å²) in [5.41, 5.74) is 2.76. The number of ether oxygens (including phenoxy) is 1. The predicted octanol–water partition coefficient (Wildman–Crippen LogP) is 7.28. The van der Waals surface area contributed by atoms with Crippen LogP contribution in [0.1, 0.15) is 16.7 Å². The molecule has 0 atom stereocenters. The first-order chi connectivity index (χ1) is 14.7. The van der Waals surface area contributed by atoms with Gasteiger partial charge < -0.3 is 4.74 Å². The molecule has 146 valence electrons. The summed E-state index contributed by atoms with van der Waals surface area (Å²) in [6.45, 7) is 0.285. The molecule has 0 saturated carbocycles. The number of nitriles is 1. The Morgan fingerprint density at radius 3 is 2.43 bits per heavy atom. The summed E-state index contributed by atoms with van der Waals surface area (Å²) in [7, 11) is 0. The van der Waals surface area contributed by atoms with Crippen LogP contribution in [0.15, 0.2) is 84.9 Å². The zero-order chi connectivity index (χ0) is 20.9. The summed E-state index contributed by atoms with van der Waals surface area (Å²) in [6.07, 6.45) is 1.81. The van der Waals surface area contributed by atoms with Gasteiger partial charge in [0.1, 0.15) is 18.2 Å². The van der Waals surface area contributed by atoms with Crippen LogP contribution in [-0.2, 0) is 6.61 Å². The van der Waals surface area contributed by atoms with E-state index in [0.29, 0.717) is 21.9 Å². The number of rotatable bonds is 5. The first-order valence-electron chi connectivity index (χ1n) is 9.41. The van der Waals surface area contributed by atoms with Gasteiger partial charge in [0.25, 0.3) is 0 Å². The highest BCUT2D eigenvalue weighted by Gasteiger charge is 2.12. The van der Waals surface area contributed by atoms with E-state index in [1.807, 2.05) is 60.7 Å². The van der Waals surface area contributed by atoms with Crippen molar-refractivity contribution in [3.8, 4) is 11.8 Å². The van der Waals surface area contributed by atoms with Crippen LogP contribution in [0.2, 0.25) is 5.02 Å². The molecule has 4 aromatic rings. The maximum atomic E-state index is 13.2. The van der Waals surface area contributed by atoms with Crippen LogP contribution < -0.4 is 4.74 Å². The van der Waals surface area contributed by atoms with Gasteiger partial charge in [0.2, 0.25) is 0 Å². The van der Waals surface area contributed by atoms with Crippen molar-refractivity contribution in [1.29, 1.82) is 5.26 Å². The molecule has 0 N–H and O–H groups in total. The molecule has 4 aromatic carbocycles. The Bertz CT molecular complexity index is 1270. The highest BCUT2D eigenvalue weighted by Crippen LogP contribution is 2.33. The van der Waals surface area contributed by atoms with E-state index in [-0.39, 0.29) is 12.4 Å². The van der Waals surface area contributed by atoms with Crippen LogP contribution >= 0.6 is 11.6 Å². The average molecular weight is 414 g/mol. The molecule has 0 aliphatic heterocycles. The maximum absolute atomic E-state index is 13.2. The number of allylic oxidation sites excluding steroid dienone is 1. The lowest BCUT2D eigenvalue weighted by molar-refractivity contribution is 0.306. The summed E-state index contributed by atoms with van der Waals surface area (Å²) < 4.78 is 19.2. The van der Waals surface area contributed by atoms with E-state index in [4.69, 9.17) is 16.3 Å². The fourth-order valence-corrected chi connectivity index (χ4v) is 3.52. The van der Waals surface area contributed by atoms with E-state index in [1.165, 1.54) is 12.1 Å². The molecule has 2 nitrogen and oxygen atoms in total.